The van der Waals surface area contributed by atoms with E-state index in [2.05, 4.69) is 20.8 Å². The fourth-order valence-corrected chi connectivity index (χ4v) is 7.35. The number of allylic oxidation sites excluding steroid dienone is 5. The minimum atomic E-state index is -2.17. The molecule has 0 aromatic heterocycles. The molecule has 8 atom stereocenters. The number of fused-ring (bicyclic) bond motifs is 3. The van der Waals surface area contributed by atoms with Gasteiger partial charge in [-0.05, 0) is 61.0 Å². The molecule has 4 rings (SSSR count). The highest BCUT2D eigenvalue weighted by Crippen LogP contribution is 2.71. The lowest BCUT2D eigenvalue weighted by Crippen LogP contribution is -2.65. The first-order valence-corrected chi connectivity index (χ1v) is 12.9. The predicted molar refractivity (Wildman–Crippen MR) is 132 cm³/mol. The number of unbranched alkanes of at least 4 members (excludes halogenated alkanes) is 3. The van der Waals surface area contributed by atoms with Crippen LogP contribution in [0.2, 0.25) is 0 Å². The summed E-state index contributed by atoms with van der Waals surface area (Å²) in [5.41, 5.74) is -3.17. The second-order valence-corrected chi connectivity index (χ2v) is 11.6. The third kappa shape index (κ3) is 3.38. The van der Waals surface area contributed by atoms with Crippen LogP contribution in [0, 0.1) is 34.5 Å². The summed E-state index contributed by atoms with van der Waals surface area (Å²) >= 11 is 0. The zero-order valence-corrected chi connectivity index (χ0v) is 21.1. The summed E-state index contributed by atoms with van der Waals surface area (Å²) < 4.78 is 0. The van der Waals surface area contributed by atoms with Gasteiger partial charge in [-0.2, -0.15) is 0 Å². The lowest BCUT2D eigenvalue weighted by molar-refractivity contribution is -0.189. The van der Waals surface area contributed by atoms with Crippen molar-refractivity contribution in [3.8, 4) is 0 Å². The standard InChI is InChI=1S/C29H40O5/c1-6-7-8-9-10-11-12-13-22(30)19-15-20-23-21(27(23,4)5)14-18(3)28(25(20)32)16-17(2)24(31)29(28,34)26(19)33/h10-13,15-16,18,20-21,23-24,26,31,33-34H,6-9,14H2,1-5H3/b11-10-,13-12+/t18-,20-,21+,23-,24-,26+,28-,29+/m0/s1. The number of hydrogen-bond acceptors (Lipinski definition) is 5. The topological polar surface area (TPSA) is 94.8 Å². The smallest absolute Gasteiger partial charge is 0.184 e. The van der Waals surface area contributed by atoms with Crippen molar-refractivity contribution in [2.45, 2.75) is 84.5 Å². The molecule has 4 aliphatic rings. The van der Waals surface area contributed by atoms with Crippen molar-refractivity contribution in [3.05, 3.63) is 47.6 Å². The van der Waals surface area contributed by atoms with E-state index in [-0.39, 0.29) is 34.5 Å². The average Bonchev–Trinajstić information content (AvgIpc) is 3.29. The number of carbonyl (C=O) groups is 2. The molecule has 2 fully saturated rings. The third-order valence-electron chi connectivity index (χ3n) is 9.41. The summed E-state index contributed by atoms with van der Waals surface area (Å²) in [6.07, 6.45) is 12.1. The van der Waals surface area contributed by atoms with Crippen molar-refractivity contribution < 1.29 is 24.9 Å². The molecule has 0 saturated heterocycles. The van der Waals surface area contributed by atoms with E-state index in [1.54, 1.807) is 25.2 Å². The number of carbonyl (C=O) groups excluding carboxylic acids is 2. The Labute approximate surface area is 203 Å². The first-order chi connectivity index (χ1) is 16.0. The third-order valence-corrected chi connectivity index (χ3v) is 9.41. The van der Waals surface area contributed by atoms with Gasteiger partial charge in [0.2, 0.25) is 0 Å². The normalized spacial score (nSPS) is 42.6. The zero-order valence-electron chi connectivity index (χ0n) is 21.1. The van der Waals surface area contributed by atoms with Crippen LogP contribution in [-0.4, -0.2) is 44.7 Å². The molecule has 0 aromatic rings. The monoisotopic (exact) mass is 468 g/mol. The van der Waals surface area contributed by atoms with Crippen LogP contribution in [0.25, 0.3) is 0 Å². The summed E-state index contributed by atoms with van der Waals surface area (Å²) in [7, 11) is 0. The van der Waals surface area contributed by atoms with E-state index < -0.39 is 34.9 Å². The molecular formula is C29H40O5. The Kier molecular flexibility index (Phi) is 6.46. The highest BCUT2D eigenvalue weighted by Gasteiger charge is 2.75. The van der Waals surface area contributed by atoms with Crippen LogP contribution in [-0.2, 0) is 9.59 Å². The van der Waals surface area contributed by atoms with Crippen LogP contribution in [0.4, 0.5) is 0 Å². The molecule has 0 amide bonds. The molecule has 2 saturated carbocycles. The minimum Gasteiger partial charge on any atom is -0.386 e. The molecule has 0 radical (unpaired) electrons. The lowest BCUT2D eigenvalue weighted by atomic mass is 9.59. The lowest BCUT2D eigenvalue weighted by Gasteiger charge is -2.48. The molecule has 0 heterocycles. The number of aliphatic hydroxyl groups is 3. The fourth-order valence-electron chi connectivity index (χ4n) is 7.35. The van der Waals surface area contributed by atoms with E-state index in [4.69, 9.17) is 0 Å². The highest BCUT2D eigenvalue weighted by atomic mass is 16.4. The van der Waals surface area contributed by atoms with Crippen LogP contribution in [0.15, 0.2) is 47.6 Å². The summed E-state index contributed by atoms with van der Waals surface area (Å²) in [5.74, 6) is -1.15. The van der Waals surface area contributed by atoms with Crippen molar-refractivity contribution in [2.24, 2.45) is 34.5 Å². The van der Waals surface area contributed by atoms with Gasteiger partial charge in [0.1, 0.15) is 17.8 Å². The summed E-state index contributed by atoms with van der Waals surface area (Å²) in [5, 5.41) is 34.6. The molecule has 34 heavy (non-hydrogen) atoms. The Bertz CT molecular complexity index is 984. The van der Waals surface area contributed by atoms with E-state index in [9.17, 15) is 24.9 Å². The van der Waals surface area contributed by atoms with Gasteiger partial charge < -0.3 is 15.3 Å². The van der Waals surface area contributed by atoms with Gasteiger partial charge in [-0.15, -0.1) is 0 Å². The number of Topliss-reactive ketones (excluding diaryl/α,β-unsaturated/α-hetero) is 1. The van der Waals surface area contributed by atoms with Gasteiger partial charge in [0.15, 0.2) is 11.6 Å². The Morgan fingerprint density at radius 1 is 1.18 bits per heavy atom. The van der Waals surface area contributed by atoms with E-state index >= 15 is 0 Å². The van der Waals surface area contributed by atoms with Crippen LogP contribution >= 0.6 is 0 Å². The number of rotatable bonds is 7. The van der Waals surface area contributed by atoms with E-state index in [0.717, 1.165) is 32.1 Å². The van der Waals surface area contributed by atoms with Crippen LogP contribution < -0.4 is 0 Å². The molecule has 5 nitrogen and oxygen atoms in total. The zero-order chi connectivity index (χ0) is 25.1. The Morgan fingerprint density at radius 3 is 2.56 bits per heavy atom. The maximum Gasteiger partial charge on any atom is 0.184 e. The molecule has 3 N–H and O–H groups in total. The second kappa shape index (κ2) is 8.69. The number of ketones is 2. The van der Waals surface area contributed by atoms with Gasteiger partial charge in [-0.25, -0.2) is 0 Å². The molecule has 0 aromatic carbocycles. The molecule has 186 valence electrons. The van der Waals surface area contributed by atoms with E-state index in [1.807, 2.05) is 19.1 Å². The SMILES string of the molecule is CCCCC/C=C\C=C\C(=O)C1=C[C@@H]2C(=O)[C@]3(C=C(C)[C@H](O)[C@@]3(O)[C@@H]1O)[C@@H](C)C[C@@H]1[C@H]2C1(C)C. The highest BCUT2D eigenvalue weighted by molar-refractivity contribution is 6.07. The van der Waals surface area contributed by atoms with Crippen LogP contribution in [0.5, 0.6) is 0 Å². The van der Waals surface area contributed by atoms with Gasteiger partial charge in [0.05, 0.1) is 5.41 Å². The number of hydrogen-bond donors (Lipinski definition) is 3. The van der Waals surface area contributed by atoms with Gasteiger partial charge in [-0.1, -0.05) is 70.9 Å². The first kappa shape index (κ1) is 25.3. The number of aliphatic hydroxyl groups excluding tert-OH is 2. The van der Waals surface area contributed by atoms with Gasteiger partial charge in [0, 0.05) is 11.5 Å². The Morgan fingerprint density at radius 2 is 1.88 bits per heavy atom. The molecular weight excluding hydrogens is 428 g/mol. The van der Waals surface area contributed by atoms with Crippen LogP contribution in [0.3, 0.4) is 0 Å². The van der Waals surface area contributed by atoms with Crippen molar-refractivity contribution in [2.75, 3.05) is 0 Å². The Balaban J connectivity index is 1.74. The quantitative estimate of drug-likeness (QED) is 0.226. The van der Waals surface area contributed by atoms with Gasteiger partial charge >= 0.3 is 0 Å². The minimum absolute atomic E-state index is 0.0102. The van der Waals surface area contributed by atoms with Crippen LogP contribution in [0.1, 0.15) is 66.7 Å². The Hall–Kier alpha value is -1.82. The summed E-state index contributed by atoms with van der Waals surface area (Å²) in [6, 6.07) is 0. The van der Waals surface area contributed by atoms with Gasteiger partial charge in [-0.3, -0.25) is 9.59 Å². The average molecular weight is 469 g/mol. The van der Waals surface area contributed by atoms with Crippen molar-refractivity contribution in [1.29, 1.82) is 0 Å². The molecule has 1 spiro atoms. The van der Waals surface area contributed by atoms with Crippen molar-refractivity contribution in [3.63, 3.8) is 0 Å². The maximum atomic E-state index is 14.2. The predicted octanol–water partition coefficient (Wildman–Crippen LogP) is 4.08. The van der Waals surface area contributed by atoms with E-state index in [0.29, 0.717) is 5.57 Å². The summed E-state index contributed by atoms with van der Waals surface area (Å²) in [4.78, 5) is 27.5. The van der Waals surface area contributed by atoms with Gasteiger partial charge in [0.25, 0.3) is 0 Å². The first-order valence-electron chi connectivity index (χ1n) is 12.9. The largest absolute Gasteiger partial charge is 0.386 e. The van der Waals surface area contributed by atoms with E-state index in [1.165, 1.54) is 6.08 Å². The maximum absolute atomic E-state index is 14.2. The second-order valence-electron chi connectivity index (χ2n) is 11.6. The molecule has 4 aliphatic carbocycles. The molecule has 2 bridgehead atoms. The summed E-state index contributed by atoms with van der Waals surface area (Å²) in [6.45, 7) is 10.1. The van der Waals surface area contributed by atoms with Crippen molar-refractivity contribution in [1.82, 2.24) is 0 Å². The fraction of sp³-hybridized carbons (Fsp3) is 0.655. The van der Waals surface area contributed by atoms with Crippen molar-refractivity contribution >= 4 is 11.6 Å². The molecule has 0 unspecified atom stereocenters. The molecule has 5 heteroatoms. The molecule has 0 aliphatic heterocycles.